The van der Waals surface area contributed by atoms with Gasteiger partial charge in [-0.15, -0.1) is 0 Å². The molecule has 1 heterocycles. The Kier molecular flexibility index (Phi) is 4.68. The minimum Gasteiger partial charge on any atom is -0.316 e. The molecule has 1 aromatic heterocycles. The fourth-order valence-corrected chi connectivity index (χ4v) is 4.47. The van der Waals surface area contributed by atoms with Crippen molar-refractivity contribution in [2.75, 3.05) is 7.05 Å². The van der Waals surface area contributed by atoms with E-state index in [1.807, 2.05) is 0 Å². The van der Waals surface area contributed by atoms with E-state index in [0.29, 0.717) is 17.5 Å². The van der Waals surface area contributed by atoms with E-state index < -0.39 is 0 Å². The van der Waals surface area contributed by atoms with Gasteiger partial charge >= 0.3 is 0 Å². The van der Waals surface area contributed by atoms with Crippen LogP contribution in [-0.4, -0.2) is 22.9 Å². The highest BCUT2D eigenvalue weighted by Crippen LogP contribution is 2.39. The highest BCUT2D eigenvalue weighted by atomic mass is 15.3. The highest BCUT2D eigenvalue weighted by Gasteiger charge is 2.35. The van der Waals surface area contributed by atoms with Gasteiger partial charge in [0, 0.05) is 18.7 Å². The first-order chi connectivity index (χ1) is 10.2. The van der Waals surface area contributed by atoms with Gasteiger partial charge in [0.2, 0.25) is 0 Å². The van der Waals surface area contributed by atoms with Crippen molar-refractivity contribution in [1.82, 2.24) is 15.1 Å². The van der Waals surface area contributed by atoms with E-state index in [2.05, 4.69) is 36.2 Å². The molecule has 0 aliphatic heterocycles. The van der Waals surface area contributed by atoms with Gasteiger partial charge in [-0.3, -0.25) is 4.68 Å². The summed E-state index contributed by atoms with van der Waals surface area (Å²) in [7, 11) is 2.12. The molecule has 0 spiro atoms. The van der Waals surface area contributed by atoms with Crippen LogP contribution in [0.2, 0.25) is 0 Å². The summed E-state index contributed by atoms with van der Waals surface area (Å²) in [4.78, 5) is 0. The quantitative estimate of drug-likeness (QED) is 0.884. The number of hydrogen-bond donors (Lipinski definition) is 1. The SMILES string of the molecule is CNC(Cc1ccn(C2CCCC2)n1)C1(C)CCCCC1. The topological polar surface area (TPSA) is 29.9 Å². The van der Waals surface area contributed by atoms with Gasteiger partial charge in [0.15, 0.2) is 0 Å². The Bertz CT molecular complexity index is 439. The first-order valence-electron chi connectivity index (χ1n) is 8.92. The molecule has 2 fully saturated rings. The van der Waals surface area contributed by atoms with E-state index in [-0.39, 0.29) is 0 Å². The molecule has 1 aromatic rings. The molecular formula is C18H31N3. The van der Waals surface area contributed by atoms with E-state index in [0.717, 1.165) is 6.42 Å². The van der Waals surface area contributed by atoms with Crippen LogP contribution in [0.1, 0.15) is 76.4 Å². The van der Waals surface area contributed by atoms with Gasteiger partial charge in [0.1, 0.15) is 0 Å². The van der Waals surface area contributed by atoms with Crippen molar-refractivity contribution in [3.05, 3.63) is 18.0 Å². The molecule has 0 saturated heterocycles. The largest absolute Gasteiger partial charge is 0.316 e. The molecule has 1 N–H and O–H groups in total. The molecule has 3 heteroatoms. The molecule has 1 unspecified atom stereocenters. The fraction of sp³-hybridized carbons (Fsp3) is 0.833. The van der Waals surface area contributed by atoms with Crippen LogP contribution in [0.5, 0.6) is 0 Å². The molecule has 21 heavy (non-hydrogen) atoms. The minimum absolute atomic E-state index is 0.449. The molecule has 0 aromatic carbocycles. The fourth-order valence-electron chi connectivity index (χ4n) is 4.47. The Morgan fingerprint density at radius 2 is 1.95 bits per heavy atom. The second kappa shape index (κ2) is 6.51. The van der Waals surface area contributed by atoms with Gasteiger partial charge < -0.3 is 5.32 Å². The molecule has 3 nitrogen and oxygen atoms in total. The Balaban J connectivity index is 1.66. The highest BCUT2D eigenvalue weighted by molar-refractivity contribution is 5.05. The summed E-state index contributed by atoms with van der Waals surface area (Å²) >= 11 is 0. The molecule has 0 amide bonds. The summed E-state index contributed by atoms with van der Waals surface area (Å²) in [6.45, 7) is 2.47. The predicted octanol–water partition coefficient (Wildman–Crippen LogP) is 4.10. The lowest BCUT2D eigenvalue weighted by molar-refractivity contribution is 0.148. The van der Waals surface area contributed by atoms with E-state index >= 15 is 0 Å². The third kappa shape index (κ3) is 3.33. The van der Waals surface area contributed by atoms with Gasteiger partial charge in [-0.25, -0.2) is 0 Å². The minimum atomic E-state index is 0.449. The summed E-state index contributed by atoms with van der Waals surface area (Å²) in [6.07, 6.45) is 15.6. The average molecular weight is 289 g/mol. The van der Waals surface area contributed by atoms with Gasteiger partial charge in [0.25, 0.3) is 0 Å². The maximum atomic E-state index is 4.88. The Labute approximate surface area is 129 Å². The van der Waals surface area contributed by atoms with Crippen LogP contribution in [0, 0.1) is 5.41 Å². The van der Waals surface area contributed by atoms with Crippen molar-refractivity contribution in [2.24, 2.45) is 5.41 Å². The average Bonchev–Trinajstić information content (AvgIpc) is 3.16. The molecule has 118 valence electrons. The maximum Gasteiger partial charge on any atom is 0.0640 e. The van der Waals surface area contributed by atoms with E-state index in [4.69, 9.17) is 5.10 Å². The van der Waals surface area contributed by atoms with Gasteiger partial charge in [0.05, 0.1) is 11.7 Å². The number of rotatable bonds is 5. The molecule has 0 bridgehead atoms. The van der Waals surface area contributed by atoms with Crippen LogP contribution in [0.25, 0.3) is 0 Å². The van der Waals surface area contributed by atoms with E-state index in [1.54, 1.807) is 0 Å². The smallest absolute Gasteiger partial charge is 0.0640 e. The van der Waals surface area contributed by atoms with Crippen molar-refractivity contribution in [2.45, 2.75) is 83.2 Å². The Morgan fingerprint density at radius 3 is 2.62 bits per heavy atom. The lowest BCUT2D eigenvalue weighted by Crippen LogP contribution is -2.44. The zero-order valence-corrected chi connectivity index (χ0v) is 13.8. The van der Waals surface area contributed by atoms with Crippen molar-refractivity contribution in [3.8, 4) is 0 Å². The lowest BCUT2D eigenvalue weighted by Gasteiger charge is -2.40. The van der Waals surface area contributed by atoms with E-state index in [9.17, 15) is 0 Å². The van der Waals surface area contributed by atoms with E-state index in [1.165, 1.54) is 63.5 Å². The van der Waals surface area contributed by atoms with Crippen LogP contribution < -0.4 is 5.32 Å². The molecule has 2 aliphatic rings. The van der Waals surface area contributed by atoms with Crippen molar-refractivity contribution < 1.29 is 0 Å². The van der Waals surface area contributed by atoms with Gasteiger partial charge in [-0.05, 0) is 44.2 Å². The number of aromatic nitrogens is 2. The Morgan fingerprint density at radius 1 is 1.24 bits per heavy atom. The second-order valence-electron chi connectivity index (χ2n) is 7.49. The third-order valence-corrected chi connectivity index (χ3v) is 5.96. The summed E-state index contributed by atoms with van der Waals surface area (Å²) in [5.41, 5.74) is 1.72. The van der Waals surface area contributed by atoms with Gasteiger partial charge in [-0.2, -0.15) is 5.10 Å². The standard InChI is InChI=1S/C18H31N3/c1-18(11-6-3-7-12-18)17(19-2)14-15-10-13-21(20-15)16-8-4-5-9-16/h10,13,16-17,19H,3-9,11-12,14H2,1-2H3. The normalized spacial score (nSPS) is 24.3. The van der Waals surface area contributed by atoms with Crippen LogP contribution >= 0.6 is 0 Å². The zero-order chi connectivity index (χ0) is 14.7. The molecule has 3 rings (SSSR count). The summed E-state index contributed by atoms with van der Waals surface area (Å²) in [5, 5.41) is 8.47. The summed E-state index contributed by atoms with van der Waals surface area (Å²) in [6, 6.07) is 3.47. The second-order valence-corrected chi connectivity index (χ2v) is 7.49. The molecule has 1 atom stereocenters. The number of nitrogens with one attached hydrogen (secondary N) is 1. The summed E-state index contributed by atoms with van der Waals surface area (Å²) < 4.78 is 2.23. The molecule has 2 aliphatic carbocycles. The zero-order valence-electron chi connectivity index (χ0n) is 13.8. The van der Waals surface area contributed by atoms with Crippen LogP contribution in [0.3, 0.4) is 0 Å². The third-order valence-electron chi connectivity index (χ3n) is 5.96. The molecule has 0 radical (unpaired) electrons. The molecular weight excluding hydrogens is 258 g/mol. The summed E-state index contributed by atoms with van der Waals surface area (Å²) in [5.74, 6) is 0. The number of likely N-dealkylation sites (N-methyl/N-ethyl adjacent to an activating group) is 1. The predicted molar refractivity (Wildman–Crippen MR) is 87.5 cm³/mol. The maximum absolute atomic E-state index is 4.88. The van der Waals surface area contributed by atoms with Crippen LogP contribution in [0.4, 0.5) is 0 Å². The first-order valence-corrected chi connectivity index (χ1v) is 8.92. The Hall–Kier alpha value is -0.830. The molecule has 2 saturated carbocycles. The van der Waals surface area contributed by atoms with Crippen molar-refractivity contribution in [1.29, 1.82) is 0 Å². The van der Waals surface area contributed by atoms with Gasteiger partial charge in [-0.1, -0.05) is 39.0 Å². The number of nitrogens with zero attached hydrogens (tertiary/aromatic N) is 2. The van der Waals surface area contributed by atoms with Crippen LogP contribution in [-0.2, 0) is 6.42 Å². The van der Waals surface area contributed by atoms with Crippen molar-refractivity contribution in [3.63, 3.8) is 0 Å². The number of hydrogen-bond acceptors (Lipinski definition) is 2. The first kappa shape index (κ1) is 15.1. The van der Waals surface area contributed by atoms with Crippen LogP contribution in [0.15, 0.2) is 12.3 Å². The monoisotopic (exact) mass is 289 g/mol. The lowest BCUT2D eigenvalue weighted by atomic mass is 9.69. The van der Waals surface area contributed by atoms with Crippen molar-refractivity contribution >= 4 is 0 Å².